The lowest BCUT2D eigenvalue weighted by Crippen LogP contribution is -2.26. The Labute approximate surface area is 116 Å². The zero-order chi connectivity index (χ0) is 14.4. The van der Waals surface area contributed by atoms with Crippen LogP contribution in [0.2, 0.25) is 0 Å². The van der Waals surface area contributed by atoms with Crippen molar-refractivity contribution in [2.24, 2.45) is 0 Å². The fourth-order valence-corrected chi connectivity index (χ4v) is 1.87. The van der Waals surface area contributed by atoms with Crippen molar-refractivity contribution in [1.82, 2.24) is 25.5 Å². The van der Waals surface area contributed by atoms with Crippen LogP contribution in [0.25, 0.3) is 0 Å². The Kier molecular flexibility index (Phi) is 5.14. The number of rotatable bonds is 7. The standard InChI is InChI=1S/C13H18FN5O/c1-10(15-7-8-20-2)13-16-17-18-19(13)9-11-3-5-12(14)6-4-11/h3-6,10,15H,7-9H2,1-2H3. The normalized spacial score (nSPS) is 12.6. The van der Waals surface area contributed by atoms with E-state index in [-0.39, 0.29) is 11.9 Å². The first kappa shape index (κ1) is 14.5. The Hall–Kier alpha value is -1.86. The van der Waals surface area contributed by atoms with E-state index in [0.29, 0.717) is 13.2 Å². The molecule has 0 saturated carbocycles. The van der Waals surface area contributed by atoms with Crippen LogP contribution in [0, 0.1) is 5.82 Å². The first-order valence-electron chi connectivity index (χ1n) is 6.43. The number of tetrazole rings is 1. The topological polar surface area (TPSA) is 64.9 Å². The summed E-state index contributed by atoms with van der Waals surface area (Å²) in [5.41, 5.74) is 0.948. The summed E-state index contributed by atoms with van der Waals surface area (Å²) in [7, 11) is 1.66. The highest BCUT2D eigenvalue weighted by atomic mass is 19.1. The van der Waals surface area contributed by atoms with Gasteiger partial charge in [0.15, 0.2) is 5.82 Å². The average molecular weight is 279 g/mol. The van der Waals surface area contributed by atoms with Crippen molar-refractivity contribution in [2.45, 2.75) is 19.5 Å². The van der Waals surface area contributed by atoms with Gasteiger partial charge in [0.1, 0.15) is 5.82 Å². The summed E-state index contributed by atoms with van der Waals surface area (Å²) in [4.78, 5) is 0. The van der Waals surface area contributed by atoms with Gasteiger partial charge in [-0.15, -0.1) is 5.10 Å². The maximum Gasteiger partial charge on any atom is 0.168 e. The second-order valence-corrected chi connectivity index (χ2v) is 4.49. The van der Waals surface area contributed by atoms with E-state index in [9.17, 15) is 4.39 Å². The van der Waals surface area contributed by atoms with Gasteiger partial charge in [-0.1, -0.05) is 12.1 Å². The van der Waals surface area contributed by atoms with Crippen LogP contribution in [0.1, 0.15) is 24.4 Å². The molecule has 0 spiro atoms. The minimum absolute atomic E-state index is 0.0144. The predicted molar refractivity (Wildman–Crippen MR) is 71.6 cm³/mol. The molecule has 1 heterocycles. The molecule has 108 valence electrons. The lowest BCUT2D eigenvalue weighted by atomic mass is 10.2. The van der Waals surface area contributed by atoms with E-state index in [4.69, 9.17) is 4.74 Å². The van der Waals surface area contributed by atoms with E-state index in [2.05, 4.69) is 20.8 Å². The van der Waals surface area contributed by atoms with Gasteiger partial charge in [0.2, 0.25) is 0 Å². The van der Waals surface area contributed by atoms with E-state index in [1.165, 1.54) is 12.1 Å². The quantitative estimate of drug-likeness (QED) is 0.770. The summed E-state index contributed by atoms with van der Waals surface area (Å²) in [5, 5.41) is 15.0. The number of halogens is 1. The predicted octanol–water partition coefficient (Wildman–Crippen LogP) is 1.16. The number of benzene rings is 1. The summed E-state index contributed by atoms with van der Waals surface area (Å²) in [6.45, 7) is 3.85. The van der Waals surface area contributed by atoms with Crippen LogP contribution in [0.3, 0.4) is 0 Å². The molecule has 0 saturated heterocycles. The van der Waals surface area contributed by atoms with Gasteiger partial charge in [0, 0.05) is 13.7 Å². The number of hydrogen-bond donors (Lipinski definition) is 1. The summed E-state index contributed by atoms with van der Waals surface area (Å²) in [5.74, 6) is 0.491. The molecule has 2 aromatic rings. The van der Waals surface area contributed by atoms with Gasteiger partial charge in [-0.3, -0.25) is 0 Å². The third-order valence-electron chi connectivity index (χ3n) is 2.95. The van der Waals surface area contributed by atoms with Gasteiger partial charge in [-0.05, 0) is 35.0 Å². The molecule has 1 N–H and O–H groups in total. The monoisotopic (exact) mass is 279 g/mol. The molecule has 0 bridgehead atoms. The van der Waals surface area contributed by atoms with Gasteiger partial charge >= 0.3 is 0 Å². The molecular weight excluding hydrogens is 261 g/mol. The van der Waals surface area contributed by atoms with Crippen LogP contribution in [-0.2, 0) is 11.3 Å². The Balaban J connectivity index is 2.02. The molecule has 1 aromatic carbocycles. The summed E-state index contributed by atoms with van der Waals surface area (Å²) in [6.07, 6.45) is 0. The zero-order valence-electron chi connectivity index (χ0n) is 11.6. The van der Waals surface area contributed by atoms with Crippen molar-refractivity contribution in [3.63, 3.8) is 0 Å². The molecule has 0 fully saturated rings. The van der Waals surface area contributed by atoms with Gasteiger partial charge in [-0.25, -0.2) is 9.07 Å². The van der Waals surface area contributed by atoms with E-state index in [1.807, 2.05) is 6.92 Å². The number of methoxy groups -OCH3 is 1. The molecule has 0 aliphatic heterocycles. The SMILES string of the molecule is COCCNC(C)c1nnnn1Cc1ccc(F)cc1. The molecule has 6 nitrogen and oxygen atoms in total. The van der Waals surface area contributed by atoms with Gasteiger partial charge in [-0.2, -0.15) is 0 Å². The minimum Gasteiger partial charge on any atom is -0.383 e. The molecule has 2 rings (SSSR count). The van der Waals surface area contributed by atoms with Crippen LogP contribution < -0.4 is 5.32 Å². The maximum atomic E-state index is 12.9. The Morgan fingerprint density at radius 3 is 2.80 bits per heavy atom. The Morgan fingerprint density at radius 2 is 2.10 bits per heavy atom. The highest BCUT2D eigenvalue weighted by Crippen LogP contribution is 2.10. The van der Waals surface area contributed by atoms with Crippen LogP contribution >= 0.6 is 0 Å². The lowest BCUT2D eigenvalue weighted by Gasteiger charge is -2.13. The number of nitrogens with zero attached hydrogens (tertiary/aromatic N) is 4. The van der Waals surface area contributed by atoms with Crippen molar-refractivity contribution >= 4 is 0 Å². The molecule has 1 atom stereocenters. The van der Waals surface area contributed by atoms with Crippen molar-refractivity contribution in [3.8, 4) is 0 Å². The maximum absolute atomic E-state index is 12.9. The van der Waals surface area contributed by atoms with E-state index < -0.39 is 0 Å². The van der Waals surface area contributed by atoms with Crippen LogP contribution in [0.5, 0.6) is 0 Å². The molecule has 0 amide bonds. The smallest absolute Gasteiger partial charge is 0.168 e. The minimum atomic E-state index is -0.250. The fraction of sp³-hybridized carbons (Fsp3) is 0.462. The van der Waals surface area contributed by atoms with Crippen LogP contribution in [0.4, 0.5) is 4.39 Å². The van der Waals surface area contributed by atoms with Crippen molar-refractivity contribution in [2.75, 3.05) is 20.3 Å². The Bertz CT molecular complexity index is 528. The number of hydrogen-bond acceptors (Lipinski definition) is 5. The first-order valence-corrected chi connectivity index (χ1v) is 6.43. The molecule has 1 aromatic heterocycles. The summed E-state index contributed by atoms with van der Waals surface area (Å²) in [6, 6.07) is 6.33. The van der Waals surface area contributed by atoms with Crippen molar-refractivity contribution < 1.29 is 9.13 Å². The second kappa shape index (κ2) is 7.06. The number of ether oxygens (including phenoxy) is 1. The first-order chi connectivity index (χ1) is 9.70. The van der Waals surface area contributed by atoms with Gasteiger partial charge in [0.25, 0.3) is 0 Å². The molecule has 0 radical (unpaired) electrons. The average Bonchev–Trinajstić information content (AvgIpc) is 2.90. The van der Waals surface area contributed by atoms with E-state index >= 15 is 0 Å². The molecule has 1 unspecified atom stereocenters. The molecule has 0 aliphatic rings. The fourth-order valence-electron chi connectivity index (χ4n) is 1.87. The Morgan fingerprint density at radius 1 is 1.35 bits per heavy atom. The number of aromatic nitrogens is 4. The van der Waals surface area contributed by atoms with E-state index in [0.717, 1.165) is 17.9 Å². The van der Waals surface area contributed by atoms with Crippen molar-refractivity contribution in [3.05, 3.63) is 41.5 Å². The van der Waals surface area contributed by atoms with E-state index in [1.54, 1.807) is 23.9 Å². The second-order valence-electron chi connectivity index (χ2n) is 4.49. The highest BCUT2D eigenvalue weighted by molar-refractivity contribution is 5.16. The molecule has 20 heavy (non-hydrogen) atoms. The highest BCUT2D eigenvalue weighted by Gasteiger charge is 2.14. The third-order valence-corrected chi connectivity index (χ3v) is 2.95. The summed E-state index contributed by atoms with van der Waals surface area (Å²) >= 11 is 0. The van der Waals surface area contributed by atoms with Crippen LogP contribution in [0.15, 0.2) is 24.3 Å². The zero-order valence-corrected chi connectivity index (χ0v) is 11.6. The lowest BCUT2D eigenvalue weighted by molar-refractivity contribution is 0.196. The summed E-state index contributed by atoms with van der Waals surface area (Å²) < 4.78 is 19.6. The molecular formula is C13H18FN5O. The van der Waals surface area contributed by atoms with Gasteiger partial charge in [0.05, 0.1) is 19.2 Å². The van der Waals surface area contributed by atoms with Crippen LogP contribution in [-0.4, -0.2) is 40.5 Å². The van der Waals surface area contributed by atoms with Crippen molar-refractivity contribution in [1.29, 1.82) is 0 Å². The largest absolute Gasteiger partial charge is 0.383 e. The third kappa shape index (κ3) is 3.82. The van der Waals surface area contributed by atoms with Gasteiger partial charge < -0.3 is 10.1 Å². The number of nitrogens with one attached hydrogen (secondary N) is 1. The molecule has 0 aliphatic carbocycles. The molecule has 7 heteroatoms.